The molecule has 198 valence electrons. The lowest BCUT2D eigenvalue weighted by molar-refractivity contribution is -0.242. The van der Waals surface area contributed by atoms with Crippen LogP contribution in [0.2, 0.25) is 0 Å². The lowest BCUT2D eigenvalue weighted by Gasteiger charge is -2.26. The average molecular weight is 534 g/mol. The van der Waals surface area contributed by atoms with Crippen LogP contribution in [-0.2, 0) is 34.6 Å². The molecule has 0 fully saturated rings. The van der Waals surface area contributed by atoms with Crippen molar-refractivity contribution >= 4 is 42.8 Å². The quantitative estimate of drug-likeness (QED) is 0.174. The maximum absolute atomic E-state index is 12.8. The van der Waals surface area contributed by atoms with E-state index >= 15 is 0 Å². The smallest absolute Gasteiger partial charge is 0.510 e. The van der Waals surface area contributed by atoms with Gasteiger partial charge in [-0.05, 0) is 39.0 Å². The van der Waals surface area contributed by atoms with E-state index in [-0.39, 0.29) is 17.2 Å². The molecule has 0 spiro atoms. The van der Waals surface area contributed by atoms with Gasteiger partial charge in [-0.1, -0.05) is 30.3 Å². The number of benzene rings is 2. The molecule has 14 heteroatoms. The summed E-state index contributed by atoms with van der Waals surface area (Å²) in [4.78, 5) is 52.8. The highest BCUT2D eigenvalue weighted by molar-refractivity contribution is 7.45. The Morgan fingerprint density at radius 1 is 1.05 bits per heavy atom. The summed E-state index contributed by atoms with van der Waals surface area (Å²) in [5.41, 5.74) is 1.40. The van der Waals surface area contributed by atoms with Crippen LogP contribution in [0.25, 0.3) is 11.0 Å². The molecule has 1 heterocycles. The van der Waals surface area contributed by atoms with Gasteiger partial charge in [-0.3, -0.25) is 28.3 Å². The molecule has 2 atom stereocenters. The number of nitrogens with zero attached hydrogens (tertiary/aromatic N) is 2. The normalized spacial score (nSPS) is 13.6. The van der Waals surface area contributed by atoms with E-state index in [4.69, 9.17) is 18.5 Å². The summed E-state index contributed by atoms with van der Waals surface area (Å²) in [6, 6.07) is 13.1. The minimum Gasteiger partial charge on any atom is -0.756 e. The van der Waals surface area contributed by atoms with Gasteiger partial charge in [0, 0.05) is 11.1 Å². The van der Waals surface area contributed by atoms with Gasteiger partial charge in [-0.15, -0.1) is 0 Å². The molecule has 0 bridgehead atoms. The Bertz CT molecular complexity index is 1330. The minimum atomic E-state index is -5.01. The number of nitrogens with one attached hydrogen (secondary N) is 1. The molecule has 1 N–H and O–H groups in total. The van der Waals surface area contributed by atoms with Gasteiger partial charge in [-0.25, -0.2) is 14.6 Å². The molecule has 1 amide bonds. The number of phosphoric acid groups is 1. The zero-order valence-corrected chi connectivity index (χ0v) is 21.3. The monoisotopic (exact) mass is 534 g/mol. The minimum absolute atomic E-state index is 0.115. The van der Waals surface area contributed by atoms with Crippen LogP contribution in [0, 0.1) is 0 Å². The second-order valence-corrected chi connectivity index (χ2v) is 9.16. The number of ketones is 1. The van der Waals surface area contributed by atoms with Crippen LogP contribution in [0.5, 0.6) is 0 Å². The van der Waals surface area contributed by atoms with Gasteiger partial charge < -0.3 is 19.1 Å². The number of amides is 1. The molecule has 0 aliphatic heterocycles. The van der Waals surface area contributed by atoms with E-state index < -0.39 is 39.2 Å². The molecule has 3 aromatic rings. The third kappa shape index (κ3) is 7.61. The number of carbonyl (C=O) groups is 3. The Labute approximate surface area is 211 Å². The van der Waals surface area contributed by atoms with Crippen molar-refractivity contribution in [1.82, 2.24) is 9.55 Å². The Morgan fingerprint density at radius 2 is 1.76 bits per heavy atom. The fourth-order valence-electron chi connectivity index (χ4n) is 3.11. The molecule has 2 unspecified atom stereocenters. The van der Waals surface area contributed by atoms with E-state index in [1.165, 1.54) is 22.8 Å². The van der Waals surface area contributed by atoms with E-state index in [2.05, 4.69) is 15.0 Å². The molecule has 2 aromatic carbocycles. The van der Waals surface area contributed by atoms with Crippen molar-refractivity contribution in [1.29, 1.82) is 0 Å². The Kier molecular flexibility index (Phi) is 9.00. The Hall–Kier alpha value is -3.77. The van der Waals surface area contributed by atoms with Crippen molar-refractivity contribution < 1.29 is 47.1 Å². The number of anilines is 1. The third-order valence-corrected chi connectivity index (χ3v) is 5.65. The first-order valence-electron chi connectivity index (χ1n) is 11.0. The molecule has 1 aromatic heterocycles. The summed E-state index contributed by atoms with van der Waals surface area (Å²) in [5.74, 6) is -0.366. The molecular weight excluding hydrogens is 509 g/mol. The van der Waals surface area contributed by atoms with Gasteiger partial charge in [0.15, 0.2) is 5.78 Å². The molecule has 0 saturated heterocycles. The second kappa shape index (κ2) is 12.0. The standard InChI is InChI=1S/C23H26N3O10P/c1-14(2)34-23(29)35-15(3)36-37(30,31)33-13-26-19-11-10-17(20(27)16-8-6-5-7-9-16)12-18(19)24-21(26)25-22(28)32-4/h5-12,14-15H,13H2,1-4H3,(H,30,31)(H,24,25,28)/p-1. The van der Waals surface area contributed by atoms with E-state index in [9.17, 15) is 23.8 Å². The highest BCUT2D eigenvalue weighted by Gasteiger charge is 2.22. The van der Waals surface area contributed by atoms with Crippen molar-refractivity contribution in [3.05, 3.63) is 59.7 Å². The van der Waals surface area contributed by atoms with Crippen molar-refractivity contribution in [2.24, 2.45) is 0 Å². The lowest BCUT2D eigenvalue weighted by atomic mass is 10.0. The maximum atomic E-state index is 12.8. The van der Waals surface area contributed by atoms with Crippen LogP contribution >= 0.6 is 7.82 Å². The summed E-state index contributed by atoms with van der Waals surface area (Å²) >= 11 is 0. The number of rotatable bonds is 10. The van der Waals surface area contributed by atoms with Crippen LogP contribution in [0.15, 0.2) is 48.5 Å². The average Bonchev–Trinajstić information content (AvgIpc) is 3.17. The van der Waals surface area contributed by atoms with Crippen molar-refractivity contribution in [2.75, 3.05) is 12.4 Å². The third-order valence-electron chi connectivity index (χ3n) is 4.66. The number of carbonyl (C=O) groups excluding carboxylic acids is 3. The van der Waals surface area contributed by atoms with E-state index in [0.717, 1.165) is 14.0 Å². The molecule has 0 aliphatic rings. The Balaban J connectivity index is 1.82. The largest absolute Gasteiger partial charge is 0.756 e. The zero-order chi connectivity index (χ0) is 27.2. The van der Waals surface area contributed by atoms with E-state index in [0.29, 0.717) is 16.6 Å². The fourth-order valence-corrected chi connectivity index (χ4v) is 3.84. The number of phosphoric ester groups is 1. The number of hydrogen-bond donors (Lipinski definition) is 1. The molecule has 13 nitrogen and oxygen atoms in total. The van der Waals surface area contributed by atoms with Crippen LogP contribution in [0.1, 0.15) is 36.7 Å². The fraction of sp³-hybridized carbons (Fsp3) is 0.304. The summed E-state index contributed by atoms with van der Waals surface area (Å²) in [5, 5.41) is 2.36. The van der Waals surface area contributed by atoms with Crippen LogP contribution in [0.3, 0.4) is 0 Å². The maximum Gasteiger partial charge on any atom is 0.510 e. The van der Waals surface area contributed by atoms with Gasteiger partial charge in [0.1, 0.15) is 6.73 Å². The van der Waals surface area contributed by atoms with Gasteiger partial charge in [0.25, 0.3) is 7.82 Å². The molecular formula is C23H25N3O10P-. The predicted octanol–water partition coefficient (Wildman–Crippen LogP) is 3.81. The van der Waals surface area contributed by atoms with Gasteiger partial charge >= 0.3 is 12.2 Å². The van der Waals surface area contributed by atoms with Crippen LogP contribution < -0.4 is 10.2 Å². The number of ether oxygens (including phenoxy) is 3. The SMILES string of the molecule is COC(=O)Nc1nc2cc(C(=O)c3ccccc3)ccc2n1COP(=O)([O-])OC(C)OC(=O)OC(C)C. The number of hydrogen-bond acceptors (Lipinski definition) is 11. The number of fused-ring (bicyclic) bond motifs is 1. The topological polar surface area (TPSA) is 167 Å². The first-order chi connectivity index (χ1) is 17.5. The van der Waals surface area contributed by atoms with Gasteiger partial charge in [0.05, 0.1) is 24.2 Å². The molecule has 0 radical (unpaired) electrons. The van der Waals surface area contributed by atoms with Crippen molar-refractivity contribution in [3.63, 3.8) is 0 Å². The number of imidazole rings is 1. The van der Waals surface area contributed by atoms with Crippen molar-refractivity contribution in [3.8, 4) is 0 Å². The molecule has 0 saturated carbocycles. The molecule has 0 aliphatic carbocycles. The predicted molar refractivity (Wildman–Crippen MR) is 128 cm³/mol. The summed E-state index contributed by atoms with van der Waals surface area (Å²) in [6.07, 6.45) is -4.00. The zero-order valence-electron chi connectivity index (χ0n) is 20.4. The number of aromatic nitrogens is 2. The molecule has 37 heavy (non-hydrogen) atoms. The van der Waals surface area contributed by atoms with Crippen molar-refractivity contribution in [2.45, 2.75) is 39.9 Å². The summed E-state index contributed by atoms with van der Waals surface area (Å²) in [6.45, 7) is 3.66. The van der Waals surface area contributed by atoms with Crippen LogP contribution in [0.4, 0.5) is 15.5 Å². The van der Waals surface area contributed by atoms with E-state index in [1.807, 2.05) is 0 Å². The van der Waals surface area contributed by atoms with Crippen LogP contribution in [-0.4, -0.2) is 47.1 Å². The Morgan fingerprint density at radius 3 is 2.41 bits per heavy atom. The lowest BCUT2D eigenvalue weighted by Crippen LogP contribution is -2.23. The van der Waals surface area contributed by atoms with Gasteiger partial charge in [0.2, 0.25) is 12.2 Å². The molecule has 3 rings (SSSR count). The highest BCUT2D eigenvalue weighted by Crippen LogP contribution is 2.41. The second-order valence-electron chi connectivity index (χ2n) is 7.79. The van der Waals surface area contributed by atoms with Gasteiger partial charge in [-0.2, -0.15) is 0 Å². The summed E-state index contributed by atoms with van der Waals surface area (Å²) in [7, 11) is -3.87. The first-order valence-corrected chi connectivity index (χ1v) is 12.4. The summed E-state index contributed by atoms with van der Waals surface area (Å²) < 4.78 is 37.2. The van der Waals surface area contributed by atoms with E-state index in [1.54, 1.807) is 44.2 Å². The highest BCUT2D eigenvalue weighted by atomic mass is 31.2. The first kappa shape index (κ1) is 27.8. The number of methoxy groups -OCH3 is 1.